The third kappa shape index (κ3) is 5.02. The molecule has 0 spiro atoms. The van der Waals surface area contributed by atoms with Gasteiger partial charge >= 0.3 is 0 Å². The van der Waals surface area contributed by atoms with Crippen LogP contribution in [0.3, 0.4) is 0 Å². The van der Waals surface area contributed by atoms with Crippen LogP contribution in [0.15, 0.2) is 12.1 Å². The Morgan fingerprint density at radius 1 is 1.10 bits per heavy atom. The Kier molecular flexibility index (Phi) is 6.90. The summed E-state index contributed by atoms with van der Waals surface area (Å²) in [6.45, 7) is 13.7. The summed E-state index contributed by atoms with van der Waals surface area (Å²) in [4.78, 5) is 0. The average Bonchev–Trinajstić information content (AvgIpc) is 2.26. The molecule has 0 fully saturated rings. The van der Waals surface area contributed by atoms with Gasteiger partial charge < -0.3 is 5.32 Å². The predicted molar refractivity (Wildman–Crippen MR) is 89.8 cm³/mol. The first-order valence-corrected chi connectivity index (χ1v) is 9.00. The maximum absolute atomic E-state index is 12.3. The van der Waals surface area contributed by atoms with E-state index < -0.39 is 10.8 Å². The van der Waals surface area contributed by atoms with Crippen molar-refractivity contribution in [2.45, 2.75) is 47.6 Å². The molecule has 3 heteroatoms. The van der Waals surface area contributed by atoms with Gasteiger partial charge in [-0.05, 0) is 49.9 Å². The minimum Gasteiger partial charge on any atom is -0.309 e. The van der Waals surface area contributed by atoms with Crippen molar-refractivity contribution in [2.24, 2.45) is 5.92 Å². The number of nitrogens with one attached hydrogen (secondary N) is 1. The van der Waals surface area contributed by atoms with Gasteiger partial charge in [-0.25, -0.2) is 0 Å². The van der Waals surface area contributed by atoms with Gasteiger partial charge in [-0.2, -0.15) is 0 Å². The zero-order chi connectivity index (χ0) is 15.3. The minimum absolute atomic E-state index is 0.195. The van der Waals surface area contributed by atoms with Crippen molar-refractivity contribution in [3.05, 3.63) is 34.4 Å². The van der Waals surface area contributed by atoms with Crippen molar-refractivity contribution in [1.29, 1.82) is 0 Å². The minimum atomic E-state index is -0.767. The molecule has 0 aliphatic carbocycles. The molecule has 0 aromatic heterocycles. The predicted octanol–water partition coefficient (Wildman–Crippen LogP) is 3.67. The molecule has 0 saturated carbocycles. The van der Waals surface area contributed by atoms with E-state index in [0.717, 1.165) is 12.3 Å². The molecule has 0 saturated heterocycles. The summed E-state index contributed by atoms with van der Waals surface area (Å²) in [5.41, 5.74) is 5.22. The van der Waals surface area contributed by atoms with Crippen LogP contribution in [0.2, 0.25) is 0 Å². The SMILES string of the molecule is CCNC(CS(=O)CC(C)C)c1c(C)cc(C)cc1C. The van der Waals surface area contributed by atoms with Gasteiger partial charge in [-0.1, -0.05) is 38.5 Å². The normalized spacial score (nSPS) is 14.6. The maximum Gasteiger partial charge on any atom is 0.0442 e. The van der Waals surface area contributed by atoms with Crippen LogP contribution in [0.4, 0.5) is 0 Å². The summed E-state index contributed by atoms with van der Waals surface area (Å²) in [5, 5.41) is 3.51. The summed E-state index contributed by atoms with van der Waals surface area (Å²) in [6, 6.07) is 4.64. The molecular formula is C17H29NOS. The van der Waals surface area contributed by atoms with Crippen molar-refractivity contribution < 1.29 is 4.21 Å². The van der Waals surface area contributed by atoms with E-state index >= 15 is 0 Å². The van der Waals surface area contributed by atoms with E-state index in [1.54, 1.807) is 0 Å². The van der Waals surface area contributed by atoms with Crippen molar-refractivity contribution in [2.75, 3.05) is 18.1 Å². The molecule has 0 heterocycles. The Labute approximate surface area is 126 Å². The molecule has 20 heavy (non-hydrogen) atoms. The molecule has 2 atom stereocenters. The monoisotopic (exact) mass is 295 g/mol. The van der Waals surface area contributed by atoms with Gasteiger partial charge in [0.2, 0.25) is 0 Å². The molecule has 0 radical (unpaired) electrons. The van der Waals surface area contributed by atoms with E-state index in [1.165, 1.54) is 22.3 Å². The molecule has 1 aromatic carbocycles. The highest BCUT2D eigenvalue weighted by molar-refractivity contribution is 7.85. The fourth-order valence-electron chi connectivity index (χ4n) is 2.86. The van der Waals surface area contributed by atoms with E-state index in [4.69, 9.17) is 0 Å². The molecule has 2 unspecified atom stereocenters. The number of hydrogen-bond donors (Lipinski definition) is 1. The number of rotatable bonds is 7. The summed E-state index contributed by atoms with van der Waals surface area (Å²) >= 11 is 0. The molecular weight excluding hydrogens is 266 g/mol. The number of hydrogen-bond acceptors (Lipinski definition) is 2. The second kappa shape index (κ2) is 7.94. The van der Waals surface area contributed by atoms with Crippen LogP contribution in [-0.2, 0) is 10.8 Å². The summed E-state index contributed by atoms with van der Waals surface area (Å²) in [7, 11) is -0.767. The fraction of sp³-hybridized carbons (Fsp3) is 0.647. The van der Waals surface area contributed by atoms with E-state index in [1.807, 2.05) is 0 Å². The molecule has 1 rings (SSSR count). The molecule has 0 amide bonds. The Hall–Kier alpha value is -0.670. The zero-order valence-corrected chi connectivity index (χ0v) is 14.6. The largest absolute Gasteiger partial charge is 0.309 e. The second-order valence-corrected chi connectivity index (χ2v) is 7.64. The first kappa shape index (κ1) is 17.4. The van der Waals surface area contributed by atoms with Gasteiger partial charge in [0.15, 0.2) is 0 Å². The Balaban J connectivity index is 2.99. The van der Waals surface area contributed by atoms with Gasteiger partial charge in [0, 0.05) is 28.3 Å². The average molecular weight is 295 g/mol. The lowest BCUT2D eigenvalue weighted by molar-refractivity contribution is 0.586. The first-order chi connectivity index (χ1) is 9.35. The standard InChI is InChI=1S/C17H29NOS/c1-7-18-16(11-20(19)10-12(2)3)17-14(5)8-13(4)9-15(17)6/h8-9,12,16,18H,7,10-11H2,1-6H3. The summed E-state index contributed by atoms with van der Waals surface area (Å²) in [6.07, 6.45) is 0. The highest BCUT2D eigenvalue weighted by atomic mass is 32.2. The molecule has 0 aliphatic heterocycles. The number of benzene rings is 1. The quantitative estimate of drug-likeness (QED) is 0.831. The molecule has 0 bridgehead atoms. The highest BCUT2D eigenvalue weighted by Crippen LogP contribution is 2.24. The lowest BCUT2D eigenvalue weighted by Gasteiger charge is -2.23. The van der Waals surface area contributed by atoms with Crippen molar-refractivity contribution in [1.82, 2.24) is 5.32 Å². The van der Waals surface area contributed by atoms with Crippen LogP contribution in [0.5, 0.6) is 0 Å². The third-order valence-corrected chi connectivity index (χ3v) is 5.15. The summed E-state index contributed by atoms with van der Waals surface area (Å²) < 4.78 is 12.3. The lowest BCUT2D eigenvalue weighted by atomic mass is 9.95. The Morgan fingerprint density at radius 3 is 2.10 bits per heavy atom. The fourth-order valence-corrected chi connectivity index (χ4v) is 4.39. The second-order valence-electron chi connectivity index (χ2n) is 6.09. The Morgan fingerprint density at radius 2 is 1.65 bits per heavy atom. The van der Waals surface area contributed by atoms with Crippen LogP contribution in [0, 0.1) is 26.7 Å². The molecule has 0 aliphatic rings. The van der Waals surface area contributed by atoms with Crippen LogP contribution < -0.4 is 5.32 Å². The topological polar surface area (TPSA) is 29.1 Å². The molecule has 1 N–H and O–H groups in total. The molecule has 2 nitrogen and oxygen atoms in total. The third-order valence-electron chi connectivity index (χ3n) is 3.41. The van der Waals surface area contributed by atoms with Crippen molar-refractivity contribution >= 4 is 10.8 Å². The lowest BCUT2D eigenvalue weighted by Crippen LogP contribution is -2.28. The van der Waals surface area contributed by atoms with Crippen LogP contribution >= 0.6 is 0 Å². The number of aryl methyl sites for hydroxylation is 3. The van der Waals surface area contributed by atoms with Gasteiger partial charge in [-0.3, -0.25) is 4.21 Å². The Bertz CT molecular complexity index is 445. The van der Waals surface area contributed by atoms with E-state index in [0.29, 0.717) is 11.7 Å². The summed E-state index contributed by atoms with van der Waals surface area (Å²) in [5.74, 6) is 1.97. The van der Waals surface area contributed by atoms with E-state index in [2.05, 4.69) is 59.0 Å². The molecule has 1 aromatic rings. The van der Waals surface area contributed by atoms with Gasteiger partial charge in [-0.15, -0.1) is 0 Å². The van der Waals surface area contributed by atoms with Crippen LogP contribution in [0.1, 0.15) is 49.1 Å². The zero-order valence-electron chi connectivity index (χ0n) is 13.7. The van der Waals surface area contributed by atoms with E-state index in [-0.39, 0.29) is 6.04 Å². The van der Waals surface area contributed by atoms with Crippen molar-refractivity contribution in [3.8, 4) is 0 Å². The van der Waals surface area contributed by atoms with Crippen LogP contribution in [-0.4, -0.2) is 22.3 Å². The van der Waals surface area contributed by atoms with Gasteiger partial charge in [0.25, 0.3) is 0 Å². The van der Waals surface area contributed by atoms with E-state index in [9.17, 15) is 4.21 Å². The van der Waals surface area contributed by atoms with Gasteiger partial charge in [0.1, 0.15) is 0 Å². The van der Waals surface area contributed by atoms with Crippen molar-refractivity contribution in [3.63, 3.8) is 0 Å². The molecule has 114 valence electrons. The smallest absolute Gasteiger partial charge is 0.0442 e. The van der Waals surface area contributed by atoms with Crippen LogP contribution in [0.25, 0.3) is 0 Å². The van der Waals surface area contributed by atoms with Gasteiger partial charge in [0.05, 0.1) is 0 Å². The maximum atomic E-state index is 12.3. The highest BCUT2D eigenvalue weighted by Gasteiger charge is 2.18. The first-order valence-electron chi connectivity index (χ1n) is 7.51.